The number of alkyl halides is 3. The van der Waals surface area contributed by atoms with Crippen molar-refractivity contribution in [1.82, 2.24) is 9.78 Å². The lowest BCUT2D eigenvalue weighted by molar-refractivity contribution is -0.170. The Morgan fingerprint density at radius 3 is 2.47 bits per heavy atom. The Kier molecular flexibility index (Phi) is 3.39. The van der Waals surface area contributed by atoms with Crippen LogP contribution < -0.4 is 4.90 Å². The van der Waals surface area contributed by atoms with Crippen LogP contribution in [0.5, 0.6) is 0 Å². The van der Waals surface area contributed by atoms with E-state index in [0.29, 0.717) is 0 Å². The quantitative estimate of drug-likeness (QED) is 0.843. The van der Waals surface area contributed by atoms with Crippen molar-refractivity contribution in [2.75, 3.05) is 11.4 Å². The van der Waals surface area contributed by atoms with Crippen molar-refractivity contribution in [1.29, 1.82) is 0 Å². The first-order chi connectivity index (χ1) is 7.71. The number of nitrogens with zero attached hydrogens (tertiary/aromatic N) is 3. The zero-order valence-electron chi connectivity index (χ0n) is 8.60. The SMILES string of the molecule is Cn1cc(N(CC(=O)O)C(=O)C(F)(F)F)cn1. The highest BCUT2D eigenvalue weighted by Gasteiger charge is 2.43. The molecule has 6 nitrogen and oxygen atoms in total. The van der Waals surface area contributed by atoms with Crippen LogP contribution in [0.25, 0.3) is 0 Å². The van der Waals surface area contributed by atoms with Gasteiger partial charge in [-0.3, -0.25) is 19.2 Å². The smallest absolute Gasteiger partial charge is 0.471 e. The zero-order valence-corrected chi connectivity index (χ0v) is 8.60. The maximum Gasteiger partial charge on any atom is 0.471 e. The van der Waals surface area contributed by atoms with E-state index in [-0.39, 0.29) is 10.6 Å². The summed E-state index contributed by atoms with van der Waals surface area (Å²) in [5.41, 5.74) is -0.225. The molecule has 0 aliphatic heterocycles. The van der Waals surface area contributed by atoms with Crippen molar-refractivity contribution in [2.24, 2.45) is 7.05 Å². The molecule has 1 aromatic rings. The molecule has 0 aromatic carbocycles. The number of hydrogen-bond acceptors (Lipinski definition) is 3. The molecule has 17 heavy (non-hydrogen) atoms. The lowest BCUT2D eigenvalue weighted by Crippen LogP contribution is -2.43. The number of rotatable bonds is 3. The molecule has 94 valence electrons. The average molecular weight is 251 g/mol. The summed E-state index contributed by atoms with van der Waals surface area (Å²) in [6.07, 6.45) is -3.04. The topological polar surface area (TPSA) is 75.4 Å². The molecule has 0 aliphatic carbocycles. The number of aromatic nitrogens is 2. The average Bonchev–Trinajstić information content (AvgIpc) is 2.58. The van der Waals surface area contributed by atoms with Gasteiger partial charge in [0.1, 0.15) is 6.54 Å². The molecule has 1 heterocycles. The van der Waals surface area contributed by atoms with Crippen molar-refractivity contribution < 1.29 is 27.9 Å². The van der Waals surface area contributed by atoms with E-state index in [9.17, 15) is 22.8 Å². The summed E-state index contributed by atoms with van der Waals surface area (Å²) in [7, 11) is 1.43. The number of aliphatic carboxylic acids is 1. The van der Waals surface area contributed by atoms with E-state index >= 15 is 0 Å². The van der Waals surface area contributed by atoms with Gasteiger partial charge in [-0.25, -0.2) is 0 Å². The zero-order chi connectivity index (χ0) is 13.2. The van der Waals surface area contributed by atoms with Gasteiger partial charge in [-0.15, -0.1) is 0 Å². The van der Waals surface area contributed by atoms with Crippen molar-refractivity contribution in [2.45, 2.75) is 6.18 Å². The lowest BCUT2D eigenvalue weighted by atomic mass is 10.4. The number of aryl methyl sites for hydroxylation is 1. The Hall–Kier alpha value is -2.06. The summed E-state index contributed by atoms with van der Waals surface area (Å²) in [5.74, 6) is -3.79. The van der Waals surface area contributed by atoms with Crippen molar-refractivity contribution in [3.63, 3.8) is 0 Å². The summed E-state index contributed by atoms with van der Waals surface area (Å²) in [6.45, 7) is -1.08. The Labute approximate surface area is 93.2 Å². The first kappa shape index (κ1) is 13.0. The van der Waals surface area contributed by atoms with Crippen molar-refractivity contribution in [3.05, 3.63) is 12.4 Å². The van der Waals surface area contributed by atoms with Crippen LogP contribution in [-0.2, 0) is 16.6 Å². The van der Waals surface area contributed by atoms with Gasteiger partial charge in [0.2, 0.25) is 0 Å². The molecule has 9 heteroatoms. The highest BCUT2D eigenvalue weighted by atomic mass is 19.4. The first-order valence-electron chi connectivity index (χ1n) is 4.31. The van der Waals surface area contributed by atoms with Gasteiger partial charge in [0.25, 0.3) is 0 Å². The molecule has 1 aromatic heterocycles. The molecule has 1 rings (SSSR count). The van der Waals surface area contributed by atoms with Crippen molar-refractivity contribution >= 4 is 17.6 Å². The molecule has 0 fully saturated rings. The van der Waals surface area contributed by atoms with E-state index in [2.05, 4.69) is 5.10 Å². The van der Waals surface area contributed by atoms with Crippen LogP contribution in [0.3, 0.4) is 0 Å². The number of carboxylic acid groups (broad SMARTS) is 1. The van der Waals surface area contributed by atoms with Gasteiger partial charge in [0.05, 0.1) is 11.9 Å². The predicted molar refractivity (Wildman–Crippen MR) is 49.3 cm³/mol. The summed E-state index contributed by atoms with van der Waals surface area (Å²) < 4.78 is 37.9. The van der Waals surface area contributed by atoms with Crippen LogP contribution in [0.1, 0.15) is 0 Å². The predicted octanol–water partition coefficient (Wildman–Crippen LogP) is 0.400. The molecule has 0 saturated heterocycles. The fraction of sp³-hybridized carbons (Fsp3) is 0.375. The van der Waals surface area contributed by atoms with Gasteiger partial charge in [0.15, 0.2) is 0 Å². The number of carbonyl (C=O) groups is 2. The first-order valence-corrected chi connectivity index (χ1v) is 4.31. The summed E-state index contributed by atoms with van der Waals surface area (Å²) >= 11 is 0. The highest BCUT2D eigenvalue weighted by Crippen LogP contribution is 2.22. The Balaban J connectivity index is 3.04. The maximum atomic E-state index is 12.2. The second-order valence-electron chi connectivity index (χ2n) is 3.15. The largest absolute Gasteiger partial charge is 0.480 e. The molecule has 0 bridgehead atoms. The summed E-state index contributed by atoms with van der Waals surface area (Å²) in [6, 6.07) is 0. The fourth-order valence-electron chi connectivity index (χ4n) is 1.12. The molecular weight excluding hydrogens is 243 g/mol. The number of anilines is 1. The molecule has 0 aliphatic rings. The number of amides is 1. The third-order valence-corrected chi connectivity index (χ3v) is 1.78. The fourth-order valence-corrected chi connectivity index (χ4v) is 1.12. The highest BCUT2D eigenvalue weighted by molar-refractivity contribution is 6.00. The van der Waals surface area contributed by atoms with E-state index in [1.165, 1.54) is 7.05 Å². The number of carbonyl (C=O) groups excluding carboxylic acids is 1. The third kappa shape index (κ3) is 3.20. The molecular formula is C8H8F3N3O3. The Morgan fingerprint density at radius 1 is 1.53 bits per heavy atom. The van der Waals surface area contributed by atoms with E-state index in [1.54, 1.807) is 0 Å². The van der Waals surface area contributed by atoms with E-state index in [1.807, 2.05) is 0 Å². The monoisotopic (exact) mass is 251 g/mol. The maximum absolute atomic E-state index is 12.2. The van der Waals surface area contributed by atoms with Crippen LogP contribution >= 0.6 is 0 Å². The van der Waals surface area contributed by atoms with Crippen LogP contribution in [-0.4, -0.2) is 39.5 Å². The number of carboxylic acids is 1. The van der Waals surface area contributed by atoms with Gasteiger partial charge in [0, 0.05) is 13.2 Å². The van der Waals surface area contributed by atoms with Gasteiger partial charge in [-0.1, -0.05) is 0 Å². The lowest BCUT2D eigenvalue weighted by Gasteiger charge is -2.19. The third-order valence-electron chi connectivity index (χ3n) is 1.78. The second kappa shape index (κ2) is 4.44. The van der Waals surface area contributed by atoms with E-state index < -0.39 is 24.6 Å². The van der Waals surface area contributed by atoms with Gasteiger partial charge in [-0.2, -0.15) is 18.3 Å². The molecule has 0 saturated carbocycles. The van der Waals surface area contributed by atoms with Gasteiger partial charge >= 0.3 is 18.1 Å². The molecule has 1 N–H and O–H groups in total. The molecule has 0 atom stereocenters. The summed E-state index contributed by atoms with van der Waals surface area (Å²) in [4.78, 5) is 21.5. The van der Waals surface area contributed by atoms with Gasteiger partial charge < -0.3 is 5.11 Å². The van der Waals surface area contributed by atoms with E-state index in [4.69, 9.17) is 5.11 Å². The van der Waals surface area contributed by atoms with Gasteiger partial charge in [-0.05, 0) is 0 Å². The van der Waals surface area contributed by atoms with Crippen LogP contribution in [0.15, 0.2) is 12.4 Å². The second-order valence-corrected chi connectivity index (χ2v) is 3.15. The molecule has 0 spiro atoms. The minimum Gasteiger partial charge on any atom is -0.480 e. The van der Waals surface area contributed by atoms with Crippen molar-refractivity contribution in [3.8, 4) is 0 Å². The minimum absolute atomic E-state index is 0.106. The Bertz CT molecular complexity index is 441. The molecule has 1 amide bonds. The summed E-state index contributed by atoms with van der Waals surface area (Å²) in [5, 5.41) is 12.0. The van der Waals surface area contributed by atoms with Crippen LogP contribution in [0.2, 0.25) is 0 Å². The van der Waals surface area contributed by atoms with E-state index in [0.717, 1.165) is 17.1 Å². The minimum atomic E-state index is -5.13. The number of hydrogen-bond donors (Lipinski definition) is 1. The molecule has 0 unspecified atom stereocenters. The molecule has 0 radical (unpaired) electrons. The standard InChI is InChI=1S/C8H8F3N3O3/c1-13-3-5(2-12-13)14(4-6(15)16)7(17)8(9,10)11/h2-3H,4H2,1H3,(H,15,16). The normalized spacial score (nSPS) is 11.3. The van der Waals surface area contributed by atoms with Crippen LogP contribution in [0, 0.1) is 0 Å². The van der Waals surface area contributed by atoms with Crippen LogP contribution in [0.4, 0.5) is 18.9 Å². The Morgan fingerprint density at radius 2 is 2.12 bits per heavy atom. The number of halogens is 3.